The van der Waals surface area contributed by atoms with Gasteiger partial charge in [-0.05, 0) is 89.9 Å². The first-order valence-electron chi connectivity index (χ1n) is 19.1. The average molecular weight is 675 g/mol. The van der Waals surface area contributed by atoms with Gasteiger partial charge in [0.25, 0.3) is 0 Å². The molecule has 1 unspecified atom stereocenters. The quantitative estimate of drug-likeness (QED) is 0.0428. The molecule has 49 heavy (non-hydrogen) atoms. The Morgan fingerprint density at radius 3 is 1.29 bits per heavy atom. The minimum atomic E-state index is -0.591. The van der Waals surface area contributed by atoms with Crippen molar-refractivity contribution in [3.8, 4) is 0 Å². The molecule has 0 saturated heterocycles. The summed E-state index contributed by atoms with van der Waals surface area (Å²) in [6.45, 7) is 4.95. The van der Waals surface area contributed by atoms with Crippen LogP contribution in [-0.4, -0.2) is 37.0 Å². The molecule has 0 radical (unpaired) electrons. The van der Waals surface area contributed by atoms with E-state index in [-0.39, 0.29) is 19.2 Å². The standard InChI is InChI=1S/C45H70O4/c1-3-5-7-9-11-13-15-17-18-19-20-21-22-23-24-25-26-27-29-31-33-35-37-39-41-48-43-44(42-46)49-45(47)40-38-36-34-32-30-28-16-14-12-10-8-6-4-2/h5-8,11-14,17-18,20-21,23-24,26-28,30,34,36,44,46H,3-4,9-10,15-16,19,22,25,29,31-33,35,37-43H2,1-2H3/b7-5-,8-6-,13-11-,14-12-,18-17-,21-20-,24-23-,27-26-,30-28-,36-34-. The first-order chi connectivity index (χ1) is 24.2. The van der Waals surface area contributed by atoms with Crippen LogP contribution >= 0.6 is 0 Å². The van der Waals surface area contributed by atoms with Gasteiger partial charge in [0.15, 0.2) is 0 Å². The number of carbonyl (C=O) groups excluding carboxylic acids is 1. The van der Waals surface area contributed by atoms with Gasteiger partial charge in [-0.25, -0.2) is 0 Å². The number of ether oxygens (including phenoxy) is 2. The van der Waals surface area contributed by atoms with Gasteiger partial charge in [-0.1, -0.05) is 155 Å². The van der Waals surface area contributed by atoms with Crippen molar-refractivity contribution in [2.45, 2.75) is 136 Å². The molecule has 0 fully saturated rings. The molecule has 0 aromatic carbocycles. The molecule has 0 rings (SSSR count). The summed E-state index contributed by atoms with van der Waals surface area (Å²) in [6, 6.07) is 0. The molecule has 1 atom stereocenters. The molecule has 4 heteroatoms. The fourth-order valence-corrected chi connectivity index (χ4v) is 4.52. The fraction of sp³-hybridized carbons (Fsp3) is 0.533. The van der Waals surface area contributed by atoms with Crippen LogP contribution in [-0.2, 0) is 14.3 Å². The molecular formula is C45H70O4. The van der Waals surface area contributed by atoms with Gasteiger partial charge in [0.2, 0.25) is 0 Å². The largest absolute Gasteiger partial charge is 0.457 e. The summed E-state index contributed by atoms with van der Waals surface area (Å²) in [5, 5.41) is 9.55. The number of esters is 1. The highest BCUT2D eigenvalue weighted by Gasteiger charge is 2.13. The summed E-state index contributed by atoms with van der Waals surface area (Å²) in [4.78, 5) is 12.1. The van der Waals surface area contributed by atoms with E-state index in [2.05, 4.69) is 129 Å². The Kier molecular flexibility index (Phi) is 38.3. The van der Waals surface area contributed by atoms with E-state index in [0.717, 1.165) is 83.5 Å². The van der Waals surface area contributed by atoms with Crippen molar-refractivity contribution in [2.75, 3.05) is 19.8 Å². The number of allylic oxidation sites excluding steroid dienone is 20. The molecule has 4 nitrogen and oxygen atoms in total. The van der Waals surface area contributed by atoms with Crippen molar-refractivity contribution in [3.05, 3.63) is 122 Å². The van der Waals surface area contributed by atoms with Crippen LogP contribution < -0.4 is 0 Å². The second kappa shape index (κ2) is 41.0. The second-order valence-electron chi connectivity index (χ2n) is 11.9. The highest BCUT2D eigenvalue weighted by atomic mass is 16.6. The predicted octanol–water partition coefficient (Wildman–Crippen LogP) is 12.5. The zero-order chi connectivity index (χ0) is 35.6. The summed E-state index contributed by atoms with van der Waals surface area (Å²) in [6.07, 6.45) is 61.2. The lowest BCUT2D eigenvalue weighted by molar-refractivity contribution is -0.154. The van der Waals surface area contributed by atoms with Gasteiger partial charge >= 0.3 is 5.97 Å². The van der Waals surface area contributed by atoms with Crippen LogP contribution in [0.1, 0.15) is 129 Å². The number of aliphatic hydroxyl groups excluding tert-OH is 1. The maximum atomic E-state index is 12.1. The normalized spacial score (nSPS) is 13.8. The molecular weight excluding hydrogens is 604 g/mol. The van der Waals surface area contributed by atoms with Crippen LogP contribution in [0.25, 0.3) is 0 Å². The Morgan fingerprint density at radius 2 is 0.857 bits per heavy atom. The van der Waals surface area contributed by atoms with Crippen LogP contribution in [0.15, 0.2) is 122 Å². The SMILES string of the molecule is CC/C=C\C/C=C\C/C=C\C/C=C\C/C=C\C/C=C\CCCCCCCOCC(CO)OC(=O)CC/C=C\C/C=C\C/C=C\C/C=C\CC. The zero-order valence-corrected chi connectivity index (χ0v) is 31.1. The van der Waals surface area contributed by atoms with Crippen LogP contribution in [0.5, 0.6) is 0 Å². The van der Waals surface area contributed by atoms with E-state index in [9.17, 15) is 9.90 Å². The van der Waals surface area contributed by atoms with Crippen LogP contribution in [0.4, 0.5) is 0 Å². The van der Waals surface area contributed by atoms with Crippen molar-refractivity contribution in [1.82, 2.24) is 0 Å². The van der Waals surface area contributed by atoms with Crippen molar-refractivity contribution in [3.63, 3.8) is 0 Å². The van der Waals surface area contributed by atoms with E-state index in [1.165, 1.54) is 19.3 Å². The minimum Gasteiger partial charge on any atom is -0.457 e. The highest BCUT2D eigenvalue weighted by Crippen LogP contribution is 2.08. The lowest BCUT2D eigenvalue weighted by atomic mass is 10.1. The zero-order valence-electron chi connectivity index (χ0n) is 31.1. The Morgan fingerprint density at radius 1 is 0.490 bits per heavy atom. The highest BCUT2D eigenvalue weighted by molar-refractivity contribution is 5.69. The number of carbonyl (C=O) groups is 1. The smallest absolute Gasteiger partial charge is 0.306 e. The van der Waals surface area contributed by atoms with E-state index >= 15 is 0 Å². The molecule has 0 aliphatic carbocycles. The van der Waals surface area contributed by atoms with E-state index < -0.39 is 6.10 Å². The number of hydrogen-bond donors (Lipinski definition) is 1. The lowest BCUT2D eigenvalue weighted by Gasteiger charge is -2.15. The maximum absolute atomic E-state index is 12.1. The van der Waals surface area contributed by atoms with Gasteiger partial charge in [-0.2, -0.15) is 0 Å². The Balaban J connectivity index is 3.64. The van der Waals surface area contributed by atoms with Crippen LogP contribution in [0.3, 0.4) is 0 Å². The van der Waals surface area contributed by atoms with Crippen LogP contribution in [0, 0.1) is 0 Å². The van der Waals surface area contributed by atoms with Gasteiger partial charge in [0, 0.05) is 13.0 Å². The van der Waals surface area contributed by atoms with E-state index in [1.54, 1.807) is 0 Å². The Hall–Kier alpha value is -3.21. The first-order valence-corrected chi connectivity index (χ1v) is 19.1. The Bertz CT molecular complexity index is 1020. The van der Waals surface area contributed by atoms with Gasteiger partial charge < -0.3 is 14.6 Å². The minimum absolute atomic E-state index is 0.218. The molecule has 1 N–H and O–H groups in total. The van der Waals surface area contributed by atoms with Crippen molar-refractivity contribution >= 4 is 5.97 Å². The Labute approximate surface area is 301 Å². The fourth-order valence-electron chi connectivity index (χ4n) is 4.52. The van der Waals surface area contributed by atoms with Crippen LogP contribution in [0.2, 0.25) is 0 Å². The average Bonchev–Trinajstić information content (AvgIpc) is 3.11. The second-order valence-corrected chi connectivity index (χ2v) is 11.9. The topological polar surface area (TPSA) is 55.8 Å². The summed E-state index contributed by atoms with van der Waals surface area (Å²) in [5.41, 5.74) is 0. The number of aliphatic hydroxyl groups is 1. The monoisotopic (exact) mass is 675 g/mol. The van der Waals surface area contributed by atoms with Gasteiger partial charge in [-0.3, -0.25) is 4.79 Å². The summed E-state index contributed by atoms with van der Waals surface area (Å²) < 4.78 is 11.0. The van der Waals surface area contributed by atoms with Gasteiger partial charge in [0.1, 0.15) is 6.10 Å². The molecule has 274 valence electrons. The molecule has 0 aliphatic rings. The third-order valence-corrected chi connectivity index (χ3v) is 7.30. The predicted molar refractivity (Wildman–Crippen MR) is 214 cm³/mol. The molecule has 0 aromatic heterocycles. The molecule has 0 bridgehead atoms. The molecule has 0 heterocycles. The molecule has 0 spiro atoms. The summed E-state index contributed by atoms with van der Waals surface area (Å²) in [5.74, 6) is -0.294. The third-order valence-electron chi connectivity index (χ3n) is 7.30. The van der Waals surface area contributed by atoms with E-state index in [1.807, 2.05) is 6.08 Å². The molecule has 0 aliphatic heterocycles. The molecule has 0 aromatic rings. The van der Waals surface area contributed by atoms with E-state index in [4.69, 9.17) is 9.47 Å². The lowest BCUT2D eigenvalue weighted by Crippen LogP contribution is -2.27. The van der Waals surface area contributed by atoms with Gasteiger partial charge in [-0.15, -0.1) is 0 Å². The number of hydrogen-bond acceptors (Lipinski definition) is 4. The number of unbranched alkanes of at least 4 members (excludes halogenated alkanes) is 5. The molecule has 0 saturated carbocycles. The van der Waals surface area contributed by atoms with Gasteiger partial charge in [0.05, 0.1) is 13.2 Å². The van der Waals surface area contributed by atoms with E-state index in [0.29, 0.717) is 19.4 Å². The number of rotatable bonds is 33. The first kappa shape index (κ1) is 45.8. The summed E-state index contributed by atoms with van der Waals surface area (Å²) >= 11 is 0. The van der Waals surface area contributed by atoms with Crippen molar-refractivity contribution in [2.24, 2.45) is 0 Å². The summed E-state index contributed by atoms with van der Waals surface area (Å²) in [7, 11) is 0. The van der Waals surface area contributed by atoms with Crippen molar-refractivity contribution in [1.29, 1.82) is 0 Å². The van der Waals surface area contributed by atoms with Crippen molar-refractivity contribution < 1.29 is 19.4 Å². The molecule has 0 amide bonds. The third kappa shape index (κ3) is 39.1. The maximum Gasteiger partial charge on any atom is 0.306 e.